The Balaban J connectivity index is 1.98. The number of amides is 1. The summed E-state index contributed by atoms with van der Waals surface area (Å²) >= 11 is 0. The van der Waals surface area contributed by atoms with Crippen molar-refractivity contribution >= 4 is 17.3 Å². The molecule has 6 nitrogen and oxygen atoms in total. The molecule has 0 spiro atoms. The molecule has 24 heavy (non-hydrogen) atoms. The summed E-state index contributed by atoms with van der Waals surface area (Å²) in [6.45, 7) is 3.84. The lowest BCUT2D eigenvalue weighted by Crippen LogP contribution is -2.20. The number of nitro groups is 1. The number of benzene rings is 2. The average Bonchev–Trinajstić information content (AvgIpc) is 2.54. The predicted octanol–water partition coefficient (Wildman–Crippen LogP) is 3.87. The van der Waals surface area contributed by atoms with Crippen LogP contribution < -0.4 is 10.1 Å². The van der Waals surface area contributed by atoms with E-state index >= 15 is 0 Å². The number of hydrogen-bond donors (Lipinski definition) is 1. The number of carbonyl (C=O) groups is 1. The monoisotopic (exact) mass is 332 g/mol. The largest absolute Gasteiger partial charge is 0.484 e. The number of nitro benzene ring substituents is 1. The third kappa shape index (κ3) is 4.52. The van der Waals surface area contributed by atoms with Crippen molar-refractivity contribution in [1.82, 2.24) is 0 Å². The number of anilines is 1. The standard InChI is InChI=1S/C17H17FN2O4/c1-11(2)12-4-3-5-14(8-12)24-10-17(21)19-13-6-7-15(18)16(9-13)20(22)23/h3-9,11H,10H2,1-2H3,(H,19,21). The molecule has 0 saturated heterocycles. The maximum absolute atomic E-state index is 13.3. The molecule has 2 rings (SSSR count). The van der Waals surface area contributed by atoms with E-state index in [1.807, 2.05) is 32.0 Å². The van der Waals surface area contributed by atoms with Crippen LogP contribution in [-0.4, -0.2) is 17.4 Å². The van der Waals surface area contributed by atoms with Gasteiger partial charge < -0.3 is 10.1 Å². The third-order valence-electron chi connectivity index (χ3n) is 3.32. The SMILES string of the molecule is CC(C)c1cccc(OCC(=O)Nc2ccc(F)c([N+](=O)[O-])c2)c1. The highest BCUT2D eigenvalue weighted by Crippen LogP contribution is 2.22. The van der Waals surface area contributed by atoms with Crippen molar-refractivity contribution in [2.24, 2.45) is 0 Å². The molecule has 0 aliphatic heterocycles. The van der Waals surface area contributed by atoms with Crippen molar-refractivity contribution in [2.45, 2.75) is 19.8 Å². The van der Waals surface area contributed by atoms with Crippen LogP contribution in [0.3, 0.4) is 0 Å². The van der Waals surface area contributed by atoms with Gasteiger partial charge in [-0.25, -0.2) is 0 Å². The van der Waals surface area contributed by atoms with Gasteiger partial charge >= 0.3 is 5.69 Å². The number of rotatable bonds is 6. The normalized spacial score (nSPS) is 10.5. The van der Waals surface area contributed by atoms with Crippen molar-refractivity contribution in [3.63, 3.8) is 0 Å². The van der Waals surface area contributed by atoms with E-state index in [2.05, 4.69) is 5.32 Å². The second-order valence-corrected chi connectivity index (χ2v) is 5.49. The number of nitrogens with zero attached hydrogens (tertiary/aromatic N) is 1. The highest BCUT2D eigenvalue weighted by atomic mass is 19.1. The zero-order valence-corrected chi connectivity index (χ0v) is 13.3. The predicted molar refractivity (Wildman–Crippen MR) is 87.7 cm³/mol. The molecule has 1 amide bonds. The summed E-state index contributed by atoms with van der Waals surface area (Å²) in [6.07, 6.45) is 0. The molecule has 126 valence electrons. The summed E-state index contributed by atoms with van der Waals surface area (Å²) in [5, 5.41) is 13.1. The van der Waals surface area contributed by atoms with Crippen LogP contribution in [0.25, 0.3) is 0 Å². The summed E-state index contributed by atoms with van der Waals surface area (Å²) < 4.78 is 18.7. The lowest BCUT2D eigenvalue weighted by atomic mass is 10.0. The molecule has 2 aromatic carbocycles. The second kappa shape index (κ2) is 7.54. The van der Waals surface area contributed by atoms with Gasteiger partial charge in [-0.15, -0.1) is 0 Å². The minimum atomic E-state index is -0.959. The Morgan fingerprint density at radius 2 is 2.04 bits per heavy atom. The lowest BCUT2D eigenvalue weighted by Gasteiger charge is -2.10. The van der Waals surface area contributed by atoms with Crippen molar-refractivity contribution in [3.05, 3.63) is 64.0 Å². The van der Waals surface area contributed by atoms with Crippen LogP contribution in [0.4, 0.5) is 15.8 Å². The Hall–Kier alpha value is -2.96. The van der Waals surface area contributed by atoms with E-state index in [9.17, 15) is 19.3 Å². The molecule has 1 N–H and O–H groups in total. The van der Waals surface area contributed by atoms with Crippen molar-refractivity contribution in [1.29, 1.82) is 0 Å². The number of nitrogens with one attached hydrogen (secondary N) is 1. The van der Waals surface area contributed by atoms with Crippen molar-refractivity contribution < 1.29 is 18.8 Å². The molecule has 0 heterocycles. The van der Waals surface area contributed by atoms with Crippen LogP contribution >= 0.6 is 0 Å². The van der Waals surface area contributed by atoms with Crippen molar-refractivity contribution in [3.8, 4) is 5.75 Å². The quantitative estimate of drug-likeness (QED) is 0.643. The molecule has 0 aliphatic carbocycles. The van der Waals surface area contributed by atoms with Crippen LogP contribution in [0.2, 0.25) is 0 Å². The van der Waals surface area contributed by atoms with E-state index in [4.69, 9.17) is 4.74 Å². The first-order valence-electron chi connectivity index (χ1n) is 7.33. The molecule has 2 aromatic rings. The summed E-state index contributed by atoms with van der Waals surface area (Å²) in [4.78, 5) is 21.7. The Morgan fingerprint density at radius 1 is 1.29 bits per heavy atom. The van der Waals surface area contributed by atoms with E-state index in [1.165, 1.54) is 6.07 Å². The van der Waals surface area contributed by atoms with Gasteiger partial charge in [0.15, 0.2) is 6.61 Å². The topological polar surface area (TPSA) is 81.5 Å². The zero-order chi connectivity index (χ0) is 17.7. The minimum absolute atomic E-state index is 0.132. The molecule has 0 unspecified atom stereocenters. The van der Waals surface area contributed by atoms with E-state index in [0.717, 1.165) is 17.7 Å². The Bertz CT molecular complexity index is 762. The lowest BCUT2D eigenvalue weighted by molar-refractivity contribution is -0.387. The molecular formula is C17H17FN2O4. The number of ether oxygens (including phenoxy) is 1. The number of halogens is 1. The second-order valence-electron chi connectivity index (χ2n) is 5.49. The van der Waals surface area contributed by atoms with Gasteiger partial charge in [0.1, 0.15) is 5.75 Å². The first-order chi connectivity index (χ1) is 11.4. The van der Waals surface area contributed by atoms with Gasteiger partial charge in [-0.2, -0.15) is 4.39 Å². The molecule has 0 bridgehead atoms. The minimum Gasteiger partial charge on any atom is -0.484 e. The molecular weight excluding hydrogens is 315 g/mol. The van der Waals surface area contributed by atoms with Crippen LogP contribution in [0.15, 0.2) is 42.5 Å². The van der Waals surface area contributed by atoms with E-state index in [-0.39, 0.29) is 12.3 Å². The highest BCUT2D eigenvalue weighted by Gasteiger charge is 2.15. The first kappa shape index (κ1) is 17.4. The Labute approximate surface area is 138 Å². The maximum Gasteiger partial charge on any atom is 0.306 e. The first-order valence-corrected chi connectivity index (χ1v) is 7.33. The number of carbonyl (C=O) groups excluding carboxylic acids is 1. The zero-order valence-electron chi connectivity index (χ0n) is 13.3. The molecule has 7 heteroatoms. The van der Waals surface area contributed by atoms with Crippen LogP contribution in [0.5, 0.6) is 5.75 Å². The maximum atomic E-state index is 13.3. The molecule has 0 aliphatic rings. The van der Waals surface area contributed by atoms with Gasteiger partial charge in [0.05, 0.1) is 4.92 Å². The Kier molecular flexibility index (Phi) is 5.47. The van der Waals surface area contributed by atoms with Crippen LogP contribution in [-0.2, 0) is 4.79 Å². The van der Waals surface area contributed by atoms with Gasteiger partial charge in [-0.3, -0.25) is 14.9 Å². The van der Waals surface area contributed by atoms with E-state index in [0.29, 0.717) is 11.7 Å². The fraction of sp³-hybridized carbons (Fsp3) is 0.235. The van der Waals surface area contributed by atoms with Gasteiger partial charge in [0.25, 0.3) is 5.91 Å². The molecule has 0 atom stereocenters. The van der Waals surface area contributed by atoms with Crippen LogP contribution in [0.1, 0.15) is 25.3 Å². The molecule has 0 aromatic heterocycles. The Morgan fingerprint density at radius 3 is 2.71 bits per heavy atom. The van der Waals surface area contributed by atoms with E-state index in [1.54, 1.807) is 6.07 Å². The van der Waals surface area contributed by atoms with Gasteiger partial charge in [0.2, 0.25) is 5.82 Å². The molecule has 0 radical (unpaired) electrons. The van der Waals surface area contributed by atoms with Crippen LogP contribution in [0, 0.1) is 15.9 Å². The van der Waals surface area contributed by atoms with Gasteiger partial charge in [-0.05, 0) is 35.7 Å². The smallest absolute Gasteiger partial charge is 0.306 e. The number of hydrogen-bond acceptors (Lipinski definition) is 4. The fourth-order valence-electron chi connectivity index (χ4n) is 2.04. The fourth-order valence-corrected chi connectivity index (χ4v) is 2.04. The van der Waals surface area contributed by atoms with Gasteiger partial charge in [0, 0.05) is 11.8 Å². The molecule has 0 saturated carbocycles. The third-order valence-corrected chi connectivity index (χ3v) is 3.32. The summed E-state index contributed by atoms with van der Waals surface area (Å²) in [7, 11) is 0. The van der Waals surface area contributed by atoms with Gasteiger partial charge in [-0.1, -0.05) is 26.0 Å². The molecule has 0 fully saturated rings. The summed E-state index contributed by atoms with van der Waals surface area (Å²) in [5.74, 6) is -0.561. The van der Waals surface area contributed by atoms with Crippen molar-refractivity contribution in [2.75, 3.05) is 11.9 Å². The van der Waals surface area contributed by atoms with E-state index < -0.39 is 22.3 Å². The highest BCUT2D eigenvalue weighted by molar-refractivity contribution is 5.92. The average molecular weight is 332 g/mol. The summed E-state index contributed by atoms with van der Waals surface area (Å²) in [5.41, 5.74) is 0.521. The summed E-state index contributed by atoms with van der Waals surface area (Å²) in [6, 6.07) is 10.5.